The van der Waals surface area contributed by atoms with Gasteiger partial charge < -0.3 is 9.15 Å². The molecule has 1 aliphatic heterocycles. The molecular formula is C23H23N3O3. The maximum atomic E-state index is 11.1. The van der Waals surface area contributed by atoms with Crippen LogP contribution in [0.3, 0.4) is 0 Å². The van der Waals surface area contributed by atoms with E-state index in [2.05, 4.69) is 27.2 Å². The molecule has 2 aliphatic rings. The molecule has 1 saturated heterocycles. The molecule has 0 bridgehead atoms. The number of hydrogen-bond donors (Lipinski definition) is 0. The predicted molar refractivity (Wildman–Crippen MR) is 110 cm³/mol. The number of rotatable bonds is 5. The van der Waals surface area contributed by atoms with E-state index in [1.807, 2.05) is 24.3 Å². The van der Waals surface area contributed by atoms with Gasteiger partial charge in [-0.05, 0) is 53.8 Å². The van der Waals surface area contributed by atoms with Gasteiger partial charge in [0.1, 0.15) is 17.6 Å². The van der Waals surface area contributed by atoms with Crippen molar-refractivity contribution >= 4 is 0 Å². The Balaban J connectivity index is 1.53. The van der Waals surface area contributed by atoms with Crippen molar-refractivity contribution in [1.82, 2.24) is 9.88 Å². The summed E-state index contributed by atoms with van der Waals surface area (Å²) in [4.78, 5) is 17.6. The van der Waals surface area contributed by atoms with E-state index >= 15 is 0 Å². The van der Waals surface area contributed by atoms with Gasteiger partial charge in [-0.25, -0.2) is 0 Å². The number of aryl methyl sites for hydroxylation is 1. The minimum absolute atomic E-state index is 0.216. The molecule has 148 valence electrons. The first-order valence-electron chi connectivity index (χ1n) is 10.1. The van der Waals surface area contributed by atoms with E-state index in [0.717, 1.165) is 79.5 Å². The molecule has 0 N–H and O–H groups in total. The van der Waals surface area contributed by atoms with Crippen molar-refractivity contribution in [3.05, 3.63) is 70.6 Å². The molecule has 0 radical (unpaired) electrons. The maximum absolute atomic E-state index is 11.1. The van der Waals surface area contributed by atoms with Crippen molar-refractivity contribution in [3.63, 3.8) is 0 Å². The number of nitrogens with zero attached hydrogens (tertiary/aromatic N) is 3. The third kappa shape index (κ3) is 3.61. The fourth-order valence-electron chi connectivity index (χ4n) is 4.31. The lowest BCUT2D eigenvalue weighted by molar-refractivity contribution is 0.0314. The summed E-state index contributed by atoms with van der Waals surface area (Å²) in [5.41, 5.74) is 5.43. The second kappa shape index (κ2) is 7.89. The van der Waals surface area contributed by atoms with Gasteiger partial charge >= 0.3 is 0 Å². The molecule has 1 atom stereocenters. The van der Waals surface area contributed by atoms with Gasteiger partial charge in [0.05, 0.1) is 19.8 Å². The Kier molecular flexibility index (Phi) is 4.96. The van der Waals surface area contributed by atoms with Gasteiger partial charge in [0.2, 0.25) is 0 Å². The van der Waals surface area contributed by atoms with Crippen molar-refractivity contribution in [3.8, 4) is 22.5 Å². The molecule has 1 fully saturated rings. The summed E-state index contributed by atoms with van der Waals surface area (Å²) in [6.07, 6.45) is 5.28. The zero-order chi connectivity index (χ0) is 19.6. The van der Waals surface area contributed by atoms with Crippen LogP contribution >= 0.6 is 0 Å². The summed E-state index contributed by atoms with van der Waals surface area (Å²) in [6, 6.07) is 12.2. The van der Waals surface area contributed by atoms with E-state index in [-0.39, 0.29) is 6.04 Å². The largest absolute Gasteiger partial charge is 0.459 e. The van der Waals surface area contributed by atoms with Gasteiger partial charge in [-0.2, -0.15) is 4.91 Å². The molecule has 2 aromatic heterocycles. The van der Waals surface area contributed by atoms with E-state index in [9.17, 15) is 4.91 Å². The summed E-state index contributed by atoms with van der Waals surface area (Å²) in [7, 11) is 0. The zero-order valence-corrected chi connectivity index (χ0v) is 16.2. The van der Waals surface area contributed by atoms with E-state index < -0.39 is 0 Å². The normalized spacial score (nSPS) is 19.2. The fraction of sp³-hybridized carbons (Fsp3) is 0.348. The highest BCUT2D eigenvalue weighted by Crippen LogP contribution is 2.40. The first kappa shape index (κ1) is 18.2. The highest BCUT2D eigenvalue weighted by atomic mass is 16.5. The lowest BCUT2D eigenvalue weighted by Crippen LogP contribution is -2.35. The Morgan fingerprint density at radius 2 is 1.90 bits per heavy atom. The number of pyridine rings is 1. The van der Waals surface area contributed by atoms with Crippen LogP contribution in [0.25, 0.3) is 22.5 Å². The van der Waals surface area contributed by atoms with Crippen LogP contribution in [0.5, 0.6) is 0 Å². The van der Waals surface area contributed by atoms with Gasteiger partial charge in [-0.3, -0.25) is 9.88 Å². The molecule has 1 aliphatic carbocycles. The summed E-state index contributed by atoms with van der Waals surface area (Å²) in [5.74, 6) is 1.81. The molecule has 3 heterocycles. The number of nitroso groups, excluding NO2 is 1. The maximum Gasteiger partial charge on any atom is 0.142 e. The second-order valence-corrected chi connectivity index (χ2v) is 7.65. The lowest BCUT2D eigenvalue weighted by Gasteiger charge is -2.25. The van der Waals surface area contributed by atoms with E-state index in [1.165, 1.54) is 5.56 Å². The Bertz CT molecular complexity index is 1010. The van der Waals surface area contributed by atoms with E-state index in [0.29, 0.717) is 0 Å². The quantitative estimate of drug-likeness (QED) is 0.597. The van der Waals surface area contributed by atoms with Crippen LogP contribution in [0.2, 0.25) is 0 Å². The van der Waals surface area contributed by atoms with Crippen LogP contribution in [-0.2, 0) is 17.7 Å². The minimum Gasteiger partial charge on any atom is -0.459 e. The Morgan fingerprint density at radius 3 is 2.69 bits per heavy atom. The van der Waals surface area contributed by atoms with Crippen molar-refractivity contribution in [2.45, 2.75) is 25.4 Å². The van der Waals surface area contributed by atoms with Gasteiger partial charge in [0.15, 0.2) is 0 Å². The minimum atomic E-state index is -0.216. The standard InChI is InChI=1S/C23H23N3O3/c27-25-22-4-2-17-13-18(1-3-20(17)22)23-21(16-5-7-24-8-6-16)14-19(29-23)15-26-9-11-28-12-10-26/h1,3,5-8,13-14,22H,2,4,9-12,15H2. The van der Waals surface area contributed by atoms with Crippen molar-refractivity contribution < 1.29 is 9.15 Å². The molecule has 3 aromatic rings. The topological polar surface area (TPSA) is 67.9 Å². The first-order valence-corrected chi connectivity index (χ1v) is 10.1. The van der Waals surface area contributed by atoms with Gasteiger partial charge in [0, 0.05) is 36.6 Å². The van der Waals surface area contributed by atoms with Gasteiger partial charge in [-0.1, -0.05) is 17.3 Å². The van der Waals surface area contributed by atoms with E-state index in [4.69, 9.17) is 9.15 Å². The number of benzene rings is 1. The van der Waals surface area contributed by atoms with Crippen LogP contribution in [0.1, 0.15) is 29.3 Å². The number of hydrogen-bond acceptors (Lipinski definition) is 6. The van der Waals surface area contributed by atoms with Gasteiger partial charge in [0.25, 0.3) is 0 Å². The number of furan rings is 1. The van der Waals surface area contributed by atoms with Crippen LogP contribution in [0, 0.1) is 4.91 Å². The molecule has 0 amide bonds. The van der Waals surface area contributed by atoms with Crippen molar-refractivity contribution in [2.24, 2.45) is 5.18 Å². The molecule has 0 saturated carbocycles. The number of morpholine rings is 1. The Morgan fingerprint density at radius 1 is 1.07 bits per heavy atom. The predicted octanol–water partition coefficient (Wildman–Crippen LogP) is 4.59. The van der Waals surface area contributed by atoms with Crippen LogP contribution in [0.4, 0.5) is 0 Å². The monoisotopic (exact) mass is 389 g/mol. The third-order valence-corrected chi connectivity index (χ3v) is 5.84. The third-order valence-electron chi connectivity index (χ3n) is 5.84. The average molecular weight is 389 g/mol. The van der Waals surface area contributed by atoms with E-state index in [1.54, 1.807) is 12.4 Å². The molecule has 5 rings (SSSR count). The molecular weight excluding hydrogens is 366 g/mol. The summed E-state index contributed by atoms with van der Waals surface area (Å²) >= 11 is 0. The first-order chi connectivity index (χ1) is 14.3. The molecule has 6 nitrogen and oxygen atoms in total. The number of fused-ring (bicyclic) bond motifs is 1. The second-order valence-electron chi connectivity index (χ2n) is 7.65. The van der Waals surface area contributed by atoms with Crippen molar-refractivity contribution in [2.75, 3.05) is 26.3 Å². The smallest absolute Gasteiger partial charge is 0.142 e. The van der Waals surface area contributed by atoms with Crippen LogP contribution in [0.15, 0.2) is 58.4 Å². The Labute approximate surface area is 169 Å². The molecule has 1 aromatic carbocycles. The summed E-state index contributed by atoms with van der Waals surface area (Å²) in [5, 5.41) is 3.27. The summed E-state index contributed by atoms with van der Waals surface area (Å²) < 4.78 is 11.8. The Hall–Kier alpha value is -2.83. The molecule has 1 unspecified atom stereocenters. The highest BCUT2D eigenvalue weighted by Gasteiger charge is 2.25. The van der Waals surface area contributed by atoms with Crippen molar-refractivity contribution in [1.29, 1.82) is 0 Å². The summed E-state index contributed by atoms with van der Waals surface area (Å²) in [6.45, 7) is 4.13. The van der Waals surface area contributed by atoms with Crippen LogP contribution in [-0.4, -0.2) is 36.2 Å². The SMILES string of the molecule is O=NC1CCc2cc(-c3oc(CN4CCOCC4)cc3-c3ccncc3)ccc21. The molecule has 6 heteroatoms. The fourth-order valence-corrected chi connectivity index (χ4v) is 4.31. The molecule has 0 spiro atoms. The number of aromatic nitrogens is 1. The average Bonchev–Trinajstić information content (AvgIpc) is 3.38. The van der Waals surface area contributed by atoms with Gasteiger partial charge in [-0.15, -0.1) is 0 Å². The highest BCUT2D eigenvalue weighted by molar-refractivity contribution is 5.80. The number of ether oxygens (including phenoxy) is 1. The van der Waals surface area contributed by atoms with Crippen LogP contribution < -0.4 is 0 Å². The lowest BCUT2D eigenvalue weighted by atomic mass is 9.99. The zero-order valence-electron chi connectivity index (χ0n) is 16.2. The molecule has 29 heavy (non-hydrogen) atoms.